The maximum absolute atomic E-state index is 12.4. The molecule has 0 bridgehead atoms. The van der Waals surface area contributed by atoms with E-state index in [1.807, 2.05) is 48.5 Å². The smallest absolute Gasteiger partial charge is 0.255 e. The number of carbonyl (C=O) groups excluding carboxylic acids is 1. The van der Waals surface area contributed by atoms with E-state index in [1.165, 1.54) is 15.4 Å². The zero-order chi connectivity index (χ0) is 21.0. The van der Waals surface area contributed by atoms with Gasteiger partial charge in [0.05, 0.1) is 7.11 Å². The molecule has 3 nitrogen and oxygen atoms in total. The Labute approximate surface area is 177 Å². The molecule has 0 aliphatic carbocycles. The first-order valence-corrected chi connectivity index (χ1v) is 10.5. The molecule has 29 heavy (non-hydrogen) atoms. The fourth-order valence-electron chi connectivity index (χ4n) is 3.32. The van der Waals surface area contributed by atoms with E-state index < -0.39 is 0 Å². The van der Waals surface area contributed by atoms with Crippen molar-refractivity contribution in [1.82, 2.24) is 0 Å². The van der Waals surface area contributed by atoms with Gasteiger partial charge < -0.3 is 10.1 Å². The van der Waals surface area contributed by atoms with Crippen LogP contribution in [0.1, 0.15) is 46.8 Å². The topological polar surface area (TPSA) is 38.3 Å². The molecular weight excluding hydrogens is 378 g/mol. The molecule has 4 heteroatoms. The van der Waals surface area contributed by atoms with Crippen LogP contribution < -0.4 is 10.1 Å². The molecule has 0 spiro atoms. The van der Waals surface area contributed by atoms with Gasteiger partial charge >= 0.3 is 0 Å². The summed E-state index contributed by atoms with van der Waals surface area (Å²) in [7, 11) is 1.71. The number of carbonyl (C=O) groups is 1. The lowest BCUT2D eigenvalue weighted by Crippen LogP contribution is -2.12. The lowest BCUT2D eigenvalue weighted by atomic mass is 10.0. The van der Waals surface area contributed by atoms with Crippen molar-refractivity contribution in [3.63, 3.8) is 0 Å². The van der Waals surface area contributed by atoms with Crippen LogP contribution in [0.2, 0.25) is 0 Å². The number of anilines is 1. The van der Waals surface area contributed by atoms with Gasteiger partial charge in [-0.1, -0.05) is 43.8 Å². The van der Waals surface area contributed by atoms with Gasteiger partial charge in [-0.2, -0.15) is 0 Å². The predicted molar refractivity (Wildman–Crippen MR) is 122 cm³/mol. The molecule has 1 amide bonds. The first-order chi connectivity index (χ1) is 13.9. The van der Waals surface area contributed by atoms with Gasteiger partial charge in [0, 0.05) is 21.0 Å². The van der Waals surface area contributed by atoms with Crippen LogP contribution in [0.3, 0.4) is 0 Å². The van der Waals surface area contributed by atoms with E-state index in [9.17, 15) is 4.79 Å². The van der Waals surface area contributed by atoms with Gasteiger partial charge in [0.1, 0.15) is 5.75 Å². The fourth-order valence-corrected chi connectivity index (χ4v) is 4.32. The summed E-state index contributed by atoms with van der Waals surface area (Å²) in [4.78, 5) is 14.8. The van der Waals surface area contributed by atoms with Crippen LogP contribution in [0, 0.1) is 13.8 Å². The molecule has 0 atom stereocenters. The Morgan fingerprint density at radius 3 is 2.21 bits per heavy atom. The van der Waals surface area contributed by atoms with Gasteiger partial charge in [0.2, 0.25) is 0 Å². The van der Waals surface area contributed by atoms with Crippen molar-refractivity contribution in [1.29, 1.82) is 0 Å². The van der Waals surface area contributed by atoms with Crippen molar-refractivity contribution in [2.45, 2.75) is 43.4 Å². The number of methoxy groups -OCH3 is 1. The van der Waals surface area contributed by atoms with E-state index in [4.69, 9.17) is 4.74 Å². The van der Waals surface area contributed by atoms with Crippen molar-refractivity contribution >= 4 is 23.4 Å². The number of hydrogen-bond donors (Lipinski definition) is 1. The quantitative estimate of drug-likeness (QED) is 0.488. The molecule has 0 saturated carbocycles. The fraction of sp³-hybridized carbons (Fsp3) is 0.240. The number of nitrogens with one attached hydrogen (secondary N) is 1. The zero-order valence-electron chi connectivity index (χ0n) is 17.6. The van der Waals surface area contributed by atoms with Gasteiger partial charge in [-0.15, -0.1) is 0 Å². The molecule has 0 unspecified atom stereocenters. The molecule has 0 aliphatic rings. The first-order valence-electron chi connectivity index (χ1n) is 9.72. The Kier molecular flexibility index (Phi) is 6.65. The summed E-state index contributed by atoms with van der Waals surface area (Å²) in [6.07, 6.45) is 0. The van der Waals surface area contributed by atoms with E-state index >= 15 is 0 Å². The molecule has 150 valence electrons. The number of amides is 1. The highest BCUT2D eigenvalue weighted by molar-refractivity contribution is 7.99. The van der Waals surface area contributed by atoms with Crippen molar-refractivity contribution in [2.75, 3.05) is 12.4 Å². The lowest BCUT2D eigenvalue weighted by Gasteiger charge is -2.16. The predicted octanol–water partition coefficient (Wildman–Crippen LogP) is 6.84. The van der Waals surface area contributed by atoms with Crippen molar-refractivity contribution in [3.8, 4) is 5.75 Å². The van der Waals surface area contributed by atoms with Crippen LogP contribution in [0.4, 0.5) is 5.69 Å². The van der Waals surface area contributed by atoms with Crippen LogP contribution >= 0.6 is 11.8 Å². The average molecular weight is 406 g/mol. The summed E-state index contributed by atoms with van der Waals surface area (Å²) in [6, 6.07) is 19.7. The highest BCUT2D eigenvalue weighted by atomic mass is 32.2. The van der Waals surface area contributed by atoms with Crippen LogP contribution in [0.15, 0.2) is 70.5 Å². The van der Waals surface area contributed by atoms with E-state index in [1.54, 1.807) is 18.9 Å². The molecule has 1 N–H and O–H groups in total. The molecule has 0 radical (unpaired) electrons. The molecule has 0 aliphatic heterocycles. The number of hydrogen-bond acceptors (Lipinski definition) is 3. The van der Waals surface area contributed by atoms with Crippen molar-refractivity contribution < 1.29 is 9.53 Å². The number of benzene rings is 3. The summed E-state index contributed by atoms with van der Waals surface area (Å²) in [5, 5.41) is 3.01. The average Bonchev–Trinajstić information content (AvgIpc) is 2.71. The third-order valence-corrected chi connectivity index (χ3v) is 6.13. The minimum atomic E-state index is -0.0958. The van der Waals surface area contributed by atoms with Gasteiger partial charge in [-0.25, -0.2) is 0 Å². The third kappa shape index (κ3) is 5.01. The molecule has 0 saturated heterocycles. The second-order valence-corrected chi connectivity index (χ2v) is 8.50. The highest BCUT2D eigenvalue weighted by Gasteiger charge is 2.13. The normalized spacial score (nSPS) is 10.8. The van der Waals surface area contributed by atoms with Gasteiger partial charge in [0.25, 0.3) is 5.91 Å². The maximum atomic E-state index is 12.4. The Morgan fingerprint density at radius 1 is 0.966 bits per heavy atom. The summed E-state index contributed by atoms with van der Waals surface area (Å²) in [5.74, 6) is 1.22. The molecule has 0 aromatic heterocycles. The van der Waals surface area contributed by atoms with Crippen molar-refractivity contribution in [2.24, 2.45) is 0 Å². The van der Waals surface area contributed by atoms with E-state index in [-0.39, 0.29) is 5.91 Å². The van der Waals surface area contributed by atoms with Crippen molar-refractivity contribution in [3.05, 3.63) is 82.9 Å². The Hall–Kier alpha value is -2.72. The van der Waals surface area contributed by atoms with Crippen LogP contribution in [-0.4, -0.2) is 13.0 Å². The number of rotatable bonds is 6. The lowest BCUT2D eigenvalue weighted by molar-refractivity contribution is 0.102. The van der Waals surface area contributed by atoms with E-state index in [0.717, 1.165) is 22.6 Å². The standard InChI is InChI=1S/C25H27NO2S/c1-16(2)22-15-21(11-12-23(22)28-5)29-24-17(3)13-20(14-18(24)4)26-25(27)19-9-7-6-8-10-19/h6-16H,1-5H3,(H,26,27). The SMILES string of the molecule is COc1ccc(Sc2c(C)cc(NC(=O)c3ccccc3)cc2C)cc1C(C)C. The number of ether oxygens (including phenoxy) is 1. The zero-order valence-corrected chi connectivity index (χ0v) is 18.4. The van der Waals surface area contributed by atoms with Crippen LogP contribution in [0.25, 0.3) is 0 Å². The monoisotopic (exact) mass is 405 g/mol. The molecule has 3 aromatic rings. The van der Waals surface area contributed by atoms with Gasteiger partial charge in [-0.3, -0.25) is 4.79 Å². The van der Waals surface area contributed by atoms with Crippen LogP contribution in [-0.2, 0) is 0 Å². The summed E-state index contributed by atoms with van der Waals surface area (Å²) >= 11 is 1.75. The highest BCUT2D eigenvalue weighted by Crippen LogP contribution is 2.38. The summed E-state index contributed by atoms with van der Waals surface area (Å²) in [6.45, 7) is 8.51. The minimum Gasteiger partial charge on any atom is -0.496 e. The molecule has 0 heterocycles. The van der Waals surface area contributed by atoms with E-state index in [0.29, 0.717) is 11.5 Å². The van der Waals surface area contributed by atoms with Gasteiger partial charge in [0.15, 0.2) is 0 Å². The second-order valence-electron chi connectivity index (χ2n) is 7.42. The second kappa shape index (κ2) is 9.19. The summed E-state index contributed by atoms with van der Waals surface area (Å²) in [5.41, 5.74) is 4.96. The first kappa shape index (κ1) is 21.0. The van der Waals surface area contributed by atoms with Crippen LogP contribution in [0.5, 0.6) is 5.75 Å². The minimum absolute atomic E-state index is 0.0958. The maximum Gasteiger partial charge on any atom is 0.255 e. The number of aryl methyl sites for hydroxylation is 2. The Balaban J connectivity index is 1.83. The third-order valence-electron chi connectivity index (χ3n) is 4.80. The summed E-state index contributed by atoms with van der Waals surface area (Å²) < 4.78 is 5.50. The molecule has 0 fully saturated rings. The van der Waals surface area contributed by atoms with Gasteiger partial charge in [-0.05, 0) is 78.9 Å². The Bertz CT molecular complexity index is 990. The largest absolute Gasteiger partial charge is 0.496 e. The molecular formula is C25H27NO2S. The molecule has 3 aromatic carbocycles. The Morgan fingerprint density at radius 2 is 1.62 bits per heavy atom. The molecule has 3 rings (SSSR count). The van der Waals surface area contributed by atoms with E-state index in [2.05, 4.69) is 45.1 Å².